The quantitative estimate of drug-likeness (QED) is 0.475. The van der Waals surface area contributed by atoms with E-state index in [4.69, 9.17) is 23.2 Å². The topological polar surface area (TPSA) is 0 Å². The maximum absolute atomic E-state index is 6.17. The van der Waals surface area contributed by atoms with Crippen LogP contribution in [0.25, 0.3) is 20.2 Å². The van der Waals surface area contributed by atoms with Gasteiger partial charge in [0.2, 0.25) is 0 Å². The van der Waals surface area contributed by atoms with Crippen LogP contribution in [-0.2, 0) is 0 Å². The molecule has 86 valence electrons. The number of hydrogen-bond donors (Lipinski definition) is 0. The average Bonchev–Trinajstić information content (AvgIpc) is 2.63. The molecule has 0 saturated heterocycles. The van der Waals surface area contributed by atoms with E-state index in [-0.39, 0.29) is 0 Å². The number of rotatable bonds is 0. The normalized spacial score (nSPS) is 11.5. The highest BCUT2D eigenvalue weighted by atomic mass is 35.5. The lowest BCUT2D eigenvalue weighted by atomic mass is 10.1. The first-order valence-corrected chi connectivity index (χ1v) is 6.92. The van der Waals surface area contributed by atoms with Crippen molar-refractivity contribution in [2.24, 2.45) is 0 Å². The minimum atomic E-state index is 0.826. The molecule has 2 aromatic carbocycles. The van der Waals surface area contributed by atoms with Gasteiger partial charge in [-0.3, -0.25) is 0 Å². The molecule has 0 aliphatic rings. The molecule has 17 heavy (non-hydrogen) atoms. The fraction of sp³-hybridized carbons (Fsp3) is 0.143. The zero-order chi connectivity index (χ0) is 12.2. The van der Waals surface area contributed by atoms with E-state index in [1.807, 2.05) is 19.1 Å². The third-order valence-corrected chi connectivity index (χ3v) is 5.21. The van der Waals surface area contributed by atoms with Crippen molar-refractivity contribution in [1.29, 1.82) is 0 Å². The van der Waals surface area contributed by atoms with Gasteiger partial charge in [0.15, 0.2) is 0 Å². The molecule has 0 amide bonds. The molecule has 0 bridgehead atoms. The Morgan fingerprint density at radius 1 is 0.941 bits per heavy atom. The minimum absolute atomic E-state index is 0.826. The van der Waals surface area contributed by atoms with Crippen LogP contribution < -0.4 is 0 Å². The van der Waals surface area contributed by atoms with E-state index in [2.05, 4.69) is 19.1 Å². The molecular weight excluding hydrogens is 271 g/mol. The maximum atomic E-state index is 6.17. The van der Waals surface area contributed by atoms with Gasteiger partial charge in [0.05, 0.1) is 0 Å². The van der Waals surface area contributed by atoms with Gasteiger partial charge in [-0.15, -0.1) is 11.3 Å². The van der Waals surface area contributed by atoms with Crippen LogP contribution in [-0.4, -0.2) is 0 Å². The molecule has 0 spiro atoms. The van der Waals surface area contributed by atoms with E-state index >= 15 is 0 Å². The molecule has 3 heteroatoms. The largest absolute Gasteiger partial charge is 0.135 e. The molecule has 3 rings (SSSR count). The second-order valence-corrected chi connectivity index (χ2v) is 6.12. The first-order chi connectivity index (χ1) is 8.08. The summed E-state index contributed by atoms with van der Waals surface area (Å²) in [7, 11) is 0. The van der Waals surface area contributed by atoms with Crippen molar-refractivity contribution >= 4 is 54.7 Å². The van der Waals surface area contributed by atoms with Crippen molar-refractivity contribution in [1.82, 2.24) is 0 Å². The Morgan fingerprint density at radius 2 is 1.71 bits per heavy atom. The SMILES string of the molecule is Cc1cc2c(cc1Cl)sc1c(C)c(Cl)ccc12. The zero-order valence-electron chi connectivity index (χ0n) is 9.47. The molecule has 0 radical (unpaired) electrons. The van der Waals surface area contributed by atoms with Gasteiger partial charge < -0.3 is 0 Å². The molecule has 0 unspecified atom stereocenters. The van der Waals surface area contributed by atoms with E-state index in [0.29, 0.717) is 0 Å². The first-order valence-electron chi connectivity index (χ1n) is 5.35. The molecule has 0 nitrogen and oxygen atoms in total. The van der Waals surface area contributed by atoms with Gasteiger partial charge >= 0.3 is 0 Å². The lowest BCUT2D eigenvalue weighted by molar-refractivity contribution is 1.51. The number of benzene rings is 2. The molecule has 1 heterocycles. The number of aryl methyl sites for hydroxylation is 2. The Morgan fingerprint density at radius 3 is 2.47 bits per heavy atom. The highest BCUT2D eigenvalue weighted by molar-refractivity contribution is 7.26. The van der Waals surface area contributed by atoms with E-state index < -0.39 is 0 Å². The smallest absolute Gasteiger partial charge is 0.0449 e. The van der Waals surface area contributed by atoms with E-state index in [1.54, 1.807) is 11.3 Å². The molecule has 0 saturated carbocycles. The lowest BCUT2D eigenvalue weighted by Crippen LogP contribution is -1.76. The first kappa shape index (κ1) is 11.3. The fourth-order valence-electron chi connectivity index (χ4n) is 2.08. The molecular formula is C14H10Cl2S. The van der Waals surface area contributed by atoms with Crippen LogP contribution in [0.3, 0.4) is 0 Å². The van der Waals surface area contributed by atoms with Crippen LogP contribution in [0.15, 0.2) is 24.3 Å². The van der Waals surface area contributed by atoms with Crippen molar-refractivity contribution in [3.05, 3.63) is 45.4 Å². The van der Waals surface area contributed by atoms with Crippen molar-refractivity contribution in [3.8, 4) is 0 Å². The van der Waals surface area contributed by atoms with Crippen LogP contribution in [0.2, 0.25) is 10.0 Å². The number of thiophene rings is 1. The van der Waals surface area contributed by atoms with Crippen LogP contribution >= 0.6 is 34.5 Å². The Kier molecular flexibility index (Phi) is 2.58. The van der Waals surface area contributed by atoms with E-state index in [1.165, 1.54) is 20.2 Å². The molecule has 1 aromatic heterocycles. The Labute approximate surface area is 114 Å². The lowest BCUT2D eigenvalue weighted by Gasteiger charge is -1.99. The zero-order valence-corrected chi connectivity index (χ0v) is 11.8. The fourth-order valence-corrected chi connectivity index (χ4v) is 3.75. The monoisotopic (exact) mass is 280 g/mol. The van der Waals surface area contributed by atoms with Gasteiger partial charge in [0.1, 0.15) is 0 Å². The second-order valence-electron chi connectivity index (χ2n) is 4.25. The predicted octanol–water partition coefficient (Wildman–Crippen LogP) is 5.98. The summed E-state index contributed by atoms with van der Waals surface area (Å²) in [6.07, 6.45) is 0. The predicted molar refractivity (Wildman–Crippen MR) is 78.8 cm³/mol. The third-order valence-electron chi connectivity index (χ3n) is 3.10. The van der Waals surface area contributed by atoms with Crippen molar-refractivity contribution in [2.75, 3.05) is 0 Å². The Hall–Kier alpha value is -0.760. The summed E-state index contributed by atoms with van der Waals surface area (Å²) in [5.74, 6) is 0. The summed E-state index contributed by atoms with van der Waals surface area (Å²) in [4.78, 5) is 0. The molecule has 0 aliphatic carbocycles. The van der Waals surface area contributed by atoms with Gasteiger partial charge in [-0.2, -0.15) is 0 Å². The second kappa shape index (κ2) is 3.88. The summed E-state index contributed by atoms with van der Waals surface area (Å²) in [6, 6.07) is 8.26. The van der Waals surface area contributed by atoms with Gasteiger partial charge in [-0.05, 0) is 43.2 Å². The highest BCUT2D eigenvalue weighted by Crippen LogP contribution is 2.39. The van der Waals surface area contributed by atoms with Crippen LogP contribution in [0, 0.1) is 13.8 Å². The number of halogens is 2. The minimum Gasteiger partial charge on any atom is -0.135 e. The summed E-state index contributed by atoms with van der Waals surface area (Å²) in [5, 5.41) is 4.19. The van der Waals surface area contributed by atoms with Gasteiger partial charge in [0, 0.05) is 30.2 Å². The van der Waals surface area contributed by atoms with Crippen molar-refractivity contribution in [2.45, 2.75) is 13.8 Å². The van der Waals surface area contributed by atoms with Crippen molar-refractivity contribution in [3.63, 3.8) is 0 Å². The van der Waals surface area contributed by atoms with Crippen LogP contribution in [0.1, 0.15) is 11.1 Å². The summed E-state index contributed by atoms with van der Waals surface area (Å²) in [5.41, 5.74) is 2.27. The number of fused-ring (bicyclic) bond motifs is 3. The summed E-state index contributed by atoms with van der Waals surface area (Å²) in [6.45, 7) is 4.10. The Bertz CT molecular complexity index is 741. The third kappa shape index (κ3) is 1.65. The molecule has 3 aromatic rings. The van der Waals surface area contributed by atoms with Crippen molar-refractivity contribution < 1.29 is 0 Å². The Balaban J connectivity index is 2.54. The van der Waals surface area contributed by atoms with Crippen LogP contribution in [0.4, 0.5) is 0 Å². The molecule has 0 fully saturated rings. The van der Waals surface area contributed by atoms with Gasteiger partial charge in [-0.1, -0.05) is 29.3 Å². The molecule has 0 N–H and O–H groups in total. The standard InChI is InChI=1S/C14H10Cl2S/c1-7-5-10-9-3-4-11(15)8(2)14(9)17-13(10)6-12(7)16/h3-6H,1-2H3. The summed E-state index contributed by atoms with van der Waals surface area (Å²) < 4.78 is 2.48. The number of hydrogen-bond acceptors (Lipinski definition) is 1. The highest BCUT2D eigenvalue weighted by Gasteiger charge is 2.10. The van der Waals surface area contributed by atoms with E-state index in [9.17, 15) is 0 Å². The molecule has 0 aliphatic heterocycles. The van der Waals surface area contributed by atoms with Gasteiger partial charge in [-0.25, -0.2) is 0 Å². The average molecular weight is 281 g/mol. The van der Waals surface area contributed by atoms with Gasteiger partial charge in [0.25, 0.3) is 0 Å². The molecule has 0 atom stereocenters. The summed E-state index contributed by atoms with van der Waals surface area (Å²) >= 11 is 14.1. The van der Waals surface area contributed by atoms with Crippen LogP contribution in [0.5, 0.6) is 0 Å². The maximum Gasteiger partial charge on any atom is 0.0449 e. The van der Waals surface area contributed by atoms with E-state index in [0.717, 1.165) is 21.2 Å².